The summed E-state index contributed by atoms with van der Waals surface area (Å²) < 4.78 is 6.05. The van der Waals surface area contributed by atoms with Crippen LogP contribution in [0.1, 0.15) is 79.7 Å². The van der Waals surface area contributed by atoms with Gasteiger partial charge in [0.1, 0.15) is 0 Å². The molecule has 1 aliphatic rings. The first-order chi connectivity index (χ1) is 17.5. The lowest BCUT2D eigenvalue weighted by atomic mass is 9.65. The zero-order chi connectivity index (χ0) is 27.5. The summed E-state index contributed by atoms with van der Waals surface area (Å²) in [4.78, 5) is 26.3. The molecule has 1 aliphatic carbocycles. The van der Waals surface area contributed by atoms with Gasteiger partial charge in [-0.15, -0.1) is 0 Å². The second-order valence-electron chi connectivity index (χ2n) is 12.2. The van der Waals surface area contributed by atoms with E-state index in [1.165, 1.54) is 0 Å². The molecule has 3 unspecified atom stereocenters. The third kappa shape index (κ3) is 8.56. The number of amides is 2. The highest BCUT2D eigenvalue weighted by Gasteiger charge is 2.44. The molecule has 0 heterocycles. The van der Waals surface area contributed by atoms with Crippen molar-refractivity contribution in [1.29, 1.82) is 0 Å². The maximum Gasteiger partial charge on any atom is 0.231 e. The zero-order valence-electron chi connectivity index (χ0n) is 24.2. The van der Waals surface area contributed by atoms with Crippen molar-refractivity contribution in [3.8, 4) is 0 Å². The number of allylic oxidation sites excluding steroid dienone is 4. The fraction of sp³-hybridized carbons (Fsp3) is 0.625. The Hall–Kier alpha value is -2.40. The average molecular weight is 511 g/mol. The summed E-state index contributed by atoms with van der Waals surface area (Å²) in [5.74, 6) is 0.502. The largest absolute Gasteiger partial charge is 0.380 e. The van der Waals surface area contributed by atoms with Crippen LogP contribution in [0.4, 0.5) is 0 Å². The molecule has 206 valence electrons. The number of hydrogen-bond donors (Lipinski definition) is 2. The highest BCUT2D eigenvalue weighted by Crippen LogP contribution is 2.40. The molecule has 0 saturated heterocycles. The molecule has 0 spiro atoms. The van der Waals surface area contributed by atoms with Crippen LogP contribution in [0.5, 0.6) is 0 Å². The van der Waals surface area contributed by atoms with Crippen molar-refractivity contribution in [2.45, 2.75) is 79.6 Å². The molecule has 2 amide bonds. The van der Waals surface area contributed by atoms with Crippen molar-refractivity contribution in [3.05, 3.63) is 60.2 Å². The average Bonchev–Trinajstić information content (AvgIpc) is 2.88. The molecule has 5 heteroatoms. The Bertz CT molecular complexity index is 919. The third-order valence-corrected chi connectivity index (χ3v) is 7.59. The van der Waals surface area contributed by atoms with Crippen molar-refractivity contribution in [2.24, 2.45) is 22.7 Å². The van der Waals surface area contributed by atoms with Gasteiger partial charge < -0.3 is 15.4 Å². The highest BCUT2D eigenvalue weighted by atomic mass is 16.5. The van der Waals surface area contributed by atoms with E-state index < -0.39 is 5.41 Å². The van der Waals surface area contributed by atoms with Crippen LogP contribution in [-0.4, -0.2) is 38.1 Å². The maximum atomic E-state index is 13.9. The van der Waals surface area contributed by atoms with E-state index in [9.17, 15) is 9.59 Å². The number of carbonyl (C=O) groups excluding carboxylic acids is 2. The highest BCUT2D eigenvalue weighted by molar-refractivity contribution is 5.89. The Labute approximate surface area is 225 Å². The monoisotopic (exact) mass is 510 g/mol. The number of benzene rings is 1. The lowest BCUT2D eigenvalue weighted by Crippen LogP contribution is -2.51. The van der Waals surface area contributed by atoms with Crippen LogP contribution in [0.25, 0.3) is 0 Å². The van der Waals surface area contributed by atoms with Crippen LogP contribution in [0.3, 0.4) is 0 Å². The van der Waals surface area contributed by atoms with Crippen LogP contribution in [0, 0.1) is 22.7 Å². The summed E-state index contributed by atoms with van der Waals surface area (Å²) in [6.07, 6.45) is 11.9. The van der Waals surface area contributed by atoms with Crippen molar-refractivity contribution < 1.29 is 14.3 Å². The second kappa shape index (κ2) is 13.9. The van der Waals surface area contributed by atoms with E-state index in [1.54, 1.807) is 0 Å². The molecule has 2 N–H and O–H groups in total. The molecule has 2 rings (SSSR count). The van der Waals surface area contributed by atoms with Gasteiger partial charge >= 0.3 is 0 Å². The van der Waals surface area contributed by atoms with Gasteiger partial charge in [0.15, 0.2) is 0 Å². The van der Waals surface area contributed by atoms with Gasteiger partial charge in [-0.1, -0.05) is 110 Å². The molecule has 5 nitrogen and oxygen atoms in total. The molecule has 1 aromatic carbocycles. The van der Waals surface area contributed by atoms with E-state index in [-0.39, 0.29) is 34.5 Å². The van der Waals surface area contributed by atoms with E-state index in [2.05, 4.69) is 81.7 Å². The molecule has 0 saturated carbocycles. The van der Waals surface area contributed by atoms with E-state index in [1.807, 2.05) is 32.0 Å². The van der Waals surface area contributed by atoms with Crippen molar-refractivity contribution in [1.82, 2.24) is 10.6 Å². The molecule has 0 bridgehead atoms. The van der Waals surface area contributed by atoms with E-state index in [0.29, 0.717) is 26.3 Å². The van der Waals surface area contributed by atoms with Crippen LogP contribution in [0.2, 0.25) is 0 Å². The maximum absolute atomic E-state index is 13.9. The molecule has 1 aromatic rings. The van der Waals surface area contributed by atoms with Gasteiger partial charge in [0, 0.05) is 23.9 Å². The molecule has 37 heavy (non-hydrogen) atoms. The Morgan fingerprint density at radius 1 is 1.03 bits per heavy atom. The number of carbonyl (C=O) groups is 2. The first kappa shape index (κ1) is 30.8. The van der Waals surface area contributed by atoms with Crippen LogP contribution in [0.15, 0.2) is 54.6 Å². The Morgan fingerprint density at radius 2 is 1.73 bits per heavy atom. The quantitative estimate of drug-likeness (QED) is 0.295. The summed E-state index contributed by atoms with van der Waals surface area (Å²) in [6, 6.07) is 10.2. The summed E-state index contributed by atoms with van der Waals surface area (Å²) >= 11 is 0. The van der Waals surface area contributed by atoms with Crippen molar-refractivity contribution >= 4 is 11.8 Å². The normalized spacial score (nSPS) is 18.2. The van der Waals surface area contributed by atoms with Crippen molar-refractivity contribution in [2.75, 3.05) is 26.3 Å². The van der Waals surface area contributed by atoms with Gasteiger partial charge in [-0.05, 0) is 36.7 Å². The topological polar surface area (TPSA) is 67.4 Å². The molecule has 0 fully saturated rings. The first-order valence-corrected chi connectivity index (χ1v) is 14.0. The van der Waals surface area contributed by atoms with Gasteiger partial charge in [0.25, 0.3) is 0 Å². The Kier molecular flexibility index (Phi) is 11.6. The number of nitrogens with one attached hydrogen (secondary N) is 2. The van der Waals surface area contributed by atoms with Gasteiger partial charge in [-0.25, -0.2) is 0 Å². The lowest BCUT2D eigenvalue weighted by molar-refractivity contribution is -0.130. The third-order valence-electron chi connectivity index (χ3n) is 7.59. The Balaban J connectivity index is 1.92. The van der Waals surface area contributed by atoms with E-state index in [0.717, 1.165) is 31.2 Å². The fourth-order valence-electron chi connectivity index (χ4n) is 5.19. The molecule has 0 radical (unpaired) electrons. The lowest BCUT2D eigenvalue weighted by Gasteiger charge is -2.39. The smallest absolute Gasteiger partial charge is 0.231 e. The summed E-state index contributed by atoms with van der Waals surface area (Å²) in [6.45, 7) is 16.7. The van der Waals surface area contributed by atoms with Crippen LogP contribution < -0.4 is 10.6 Å². The van der Waals surface area contributed by atoms with Gasteiger partial charge in [0.05, 0.1) is 18.6 Å². The Morgan fingerprint density at radius 3 is 2.32 bits per heavy atom. The summed E-state index contributed by atoms with van der Waals surface area (Å²) in [5, 5.41) is 6.36. The first-order valence-electron chi connectivity index (χ1n) is 14.0. The fourth-order valence-corrected chi connectivity index (χ4v) is 5.19. The minimum absolute atomic E-state index is 0.0741. The summed E-state index contributed by atoms with van der Waals surface area (Å²) in [5.41, 5.74) is -0.114. The molecular formula is C32H50N2O3. The zero-order valence-corrected chi connectivity index (χ0v) is 24.2. The standard InChI is InChI=1S/C32H50N2O3/c1-8-20-31(6,7)28(35)33-21-25(3)22-37-24-30(4,5)23-34-29(36)32(9-2,26-16-12-10-13-17-26)27-18-14-11-15-19-27/h10-18,25,27H,8-9,19-24H2,1-7H3,(H,33,35)(H,34,36). The second-order valence-corrected chi connectivity index (χ2v) is 12.2. The number of hydrogen-bond acceptors (Lipinski definition) is 3. The van der Waals surface area contributed by atoms with E-state index in [4.69, 9.17) is 4.74 Å². The molecule has 3 atom stereocenters. The van der Waals surface area contributed by atoms with E-state index >= 15 is 0 Å². The van der Waals surface area contributed by atoms with Gasteiger partial charge in [-0.2, -0.15) is 0 Å². The van der Waals surface area contributed by atoms with Crippen molar-refractivity contribution in [3.63, 3.8) is 0 Å². The van der Waals surface area contributed by atoms with Gasteiger partial charge in [-0.3, -0.25) is 9.59 Å². The van der Waals surface area contributed by atoms with Crippen LogP contribution in [-0.2, 0) is 19.7 Å². The molecule has 0 aliphatic heterocycles. The number of ether oxygens (including phenoxy) is 1. The predicted molar refractivity (Wildman–Crippen MR) is 153 cm³/mol. The SMILES string of the molecule is CCCC(C)(C)C(=O)NCC(C)COCC(C)(C)CNC(=O)C(CC)(c1ccccc1)C1C=CC=CC1. The minimum Gasteiger partial charge on any atom is -0.380 e. The summed E-state index contributed by atoms with van der Waals surface area (Å²) in [7, 11) is 0. The molecule has 0 aromatic heterocycles. The molecular weight excluding hydrogens is 460 g/mol. The predicted octanol–water partition coefficient (Wildman–Crippen LogP) is 6.20. The number of rotatable bonds is 15. The van der Waals surface area contributed by atoms with Gasteiger partial charge in [0.2, 0.25) is 11.8 Å². The van der Waals surface area contributed by atoms with Crippen LogP contribution >= 0.6 is 0 Å². The minimum atomic E-state index is -0.613.